The molecule has 11 heavy (non-hydrogen) atoms. The van der Waals surface area contributed by atoms with Crippen LogP contribution in [0.1, 0.15) is 27.2 Å². The number of hydrogen-bond acceptors (Lipinski definition) is 0. The Balaban J connectivity index is 0.000000187. The van der Waals surface area contributed by atoms with Crippen LogP contribution in [0.5, 0.6) is 0 Å². The SMILES string of the molecule is CC1=CC=CC1.C[CH2][Pt][CH2]C. The first-order valence-electron chi connectivity index (χ1n) is 4.08. The first-order chi connectivity index (χ1) is 5.31. The average molecular weight is 333 g/mol. The first kappa shape index (κ1) is 11.2. The van der Waals surface area contributed by atoms with Crippen molar-refractivity contribution in [1.29, 1.82) is 0 Å². The molecule has 0 aromatic carbocycles. The third kappa shape index (κ3) is 8.07. The van der Waals surface area contributed by atoms with E-state index in [1.54, 1.807) is 0 Å². The van der Waals surface area contributed by atoms with Gasteiger partial charge in [-0.2, -0.15) is 0 Å². The van der Waals surface area contributed by atoms with Crippen molar-refractivity contribution in [2.45, 2.75) is 36.8 Å². The van der Waals surface area contributed by atoms with Crippen LogP contribution in [0, 0.1) is 0 Å². The van der Waals surface area contributed by atoms with Crippen molar-refractivity contribution in [3.05, 3.63) is 23.8 Å². The summed E-state index contributed by atoms with van der Waals surface area (Å²) in [5.41, 5.74) is 1.47. The van der Waals surface area contributed by atoms with E-state index in [4.69, 9.17) is 0 Å². The second kappa shape index (κ2) is 8.27. The molecule has 0 amide bonds. The van der Waals surface area contributed by atoms with Gasteiger partial charge in [0.1, 0.15) is 0 Å². The van der Waals surface area contributed by atoms with Crippen LogP contribution >= 0.6 is 0 Å². The van der Waals surface area contributed by atoms with Crippen molar-refractivity contribution in [2.75, 3.05) is 0 Å². The van der Waals surface area contributed by atoms with Gasteiger partial charge in [0.15, 0.2) is 0 Å². The summed E-state index contributed by atoms with van der Waals surface area (Å²) in [6, 6.07) is 0. The molecule has 0 aromatic heterocycles. The summed E-state index contributed by atoms with van der Waals surface area (Å²) in [6.45, 7) is 6.66. The topological polar surface area (TPSA) is 0 Å². The van der Waals surface area contributed by atoms with E-state index >= 15 is 0 Å². The van der Waals surface area contributed by atoms with Gasteiger partial charge < -0.3 is 0 Å². The molecule has 0 aliphatic heterocycles. The Morgan fingerprint density at radius 3 is 2.09 bits per heavy atom. The molecule has 0 nitrogen and oxygen atoms in total. The molecule has 0 unspecified atom stereocenters. The van der Waals surface area contributed by atoms with Crippen LogP contribution in [-0.2, 0) is 18.6 Å². The van der Waals surface area contributed by atoms with E-state index in [0.717, 1.165) is 0 Å². The van der Waals surface area contributed by atoms with E-state index in [2.05, 4.69) is 39.0 Å². The van der Waals surface area contributed by atoms with Crippen molar-refractivity contribution in [2.24, 2.45) is 0 Å². The maximum atomic E-state index is 2.26. The van der Waals surface area contributed by atoms with Crippen molar-refractivity contribution in [3.8, 4) is 0 Å². The Morgan fingerprint density at radius 2 is 2.00 bits per heavy atom. The zero-order valence-electron chi connectivity index (χ0n) is 7.67. The van der Waals surface area contributed by atoms with Gasteiger partial charge in [-0.25, -0.2) is 0 Å². The van der Waals surface area contributed by atoms with Gasteiger partial charge in [0.25, 0.3) is 0 Å². The van der Waals surface area contributed by atoms with E-state index in [1.807, 2.05) is 0 Å². The van der Waals surface area contributed by atoms with Gasteiger partial charge in [0.05, 0.1) is 0 Å². The molecule has 0 bridgehead atoms. The normalized spacial score (nSPS) is 14.3. The van der Waals surface area contributed by atoms with Crippen LogP contribution in [0.15, 0.2) is 23.8 Å². The Morgan fingerprint density at radius 1 is 1.36 bits per heavy atom. The van der Waals surface area contributed by atoms with Crippen molar-refractivity contribution < 1.29 is 18.6 Å². The summed E-state index contributed by atoms with van der Waals surface area (Å²) in [4.78, 5) is 2.91. The van der Waals surface area contributed by atoms with Gasteiger partial charge in [-0.3, -0.25) is 0 Å². The molecule has 0 aromatic rings. The second-order valence-corrected chi connectivity index (χ2v) is 6.60. The fourth-order valence-corrected chi connectivity index (χ4v) is 1.85. The van der Waals surface area contributed by atoms with Crippen LogP contribution in [-0.4, -0.2) is 0 Å². The average Bonchev–Trinajstić information content (AvgIpc) is 2.43. The molecule has 1 rings (SSSR count). The molecule has 68 valence electrons. The Kier molecular flexibility index (Phi) is 8.39. The third-order valence-electron chi connectivity index (χ3n) is 1.27. The summed E-state index contributed by atoms with van der Waals surface area (Å²) < 4.78 is 0. The van der Waals surface area contributed by atoms with Gasteiger partial charge in [0, 0.05) is 0 Å². The second-order valence-electron chi connectivity index (χ2n) is 2.25. The van der Waals surface area contributed by atoms with Crippen molar-refractivity contribution in [3.63, 3.8) is 0 Å². The molecule has 0 spiro atoms. The molecule has 0 fully saturated rings. The molecule has 1 aliphatic carbocycles. The fraction of sp³-hybridized carbons (Fsp3) is 0.600. The first-order valence-corrected chi connectivity index (χ1v) is 7.29. The summed E-state index contributed by atoms with van der Waals surface area (Å²) in [5, 5.41) is 0. The molecule has 1 heteroatoms. The fourth-order valence-electron chi connectivity index (χ4n) is 0.712. The van der Waals surface area contributed by atoms with E-state index in [0.29, 0.717) is 18.6 Å². The Labute approximate surface area is 79.3 Å². The molecule has 1 aliphatic rings. The minimum atomic E-state index is 0.623. The van der Waals surface area contributed by atoms with E-state index < -0.39 is 0 Å². The van der Waals surface area contributed by atoms with Gasteiger partial charge in [-0.15, -0.1) is 0 Å². The minimum absolute atomic E-state index is 0.623. The molecular formula is C10H18Pt. The Bertz CT molecular complexity index is 132. The van der Waals surface area contributed by atoms with Gasteiger partial charge in [-0.05, 0) is 13.3 Å². The van der Waals surface area contributed by atoms with E-state index in [1.165, 1.54) is 21.6 Å². The maximum absolute atomic E-state index is 2.26. The molecule has 0 radical (unpaired) electrons. The van der Waals surface area contributed by atoms with E-state index in [-0.39, 0.29) is 0 Å². The number of rotatable bonds is 2. The summed E-state index contributed by atoms with van der Waals surface area (Å²) in [6.07, 6.45) is 7.56. The number of hydrogen-bond donors (Lipinski definition) is 0. The van der Waals surface area contributed by atoms with Gasteiger partial charge >= 0.3 is 42.0 Å². The van der Waals surface area contributed by atoms with Crippen LogP contribution in [0.3, 0.4) is 0 Å². The zero-order chi connectivity index (χ0) is 8.53. The molecule has 0 heterocycles. The van der Waals surface area contributed by atoms with Gasteiger partial charge in [-0.1, -0.05) is 23.8 Å². The van der Waals surface area contributed by atoms with Crippen molar-refractivity contribution >= 4 is 0 Å². The predicted molar refractivity (Wildman–Crippen MR) is 48.5 cm³/mol. The molecule has 0 atom stereocenters. The van der Waals surface area contributed by atoms with Crippen LogP contribution in [0.25, 0.3) is 0 Å². The molecule has 0 saturated carbocycles. The number of allylic oxidation sites excluding steroid dienone is 4. The Hall–Kier alpha value is 0.168. The zero-order valence-corrected chi connectivity index (χ0v) is 9.94. The quantitative estimate of drug-likeness (QED) is 0.720. The standard InChI is InChI=1S/C6H8.2C2H5.Pt/c1-6-4-2-3-5-6;2*1-2;/h2-4H,5H2,1H3;2*1H2,2H3;. The predicted octanol–water partition coefficient (Wildman–Crippen LogP) is 3.84. The summed E-state index contributed by atoms with van der Waals surface area (Å²) in [7, 11) is 0. The van der Waals surface area contributed by atoms with E-state index in [9.17, 15) is 0 Å². The van der Waals surface area contributed by atoms with Crippen LogP contribution in [0.4, 0.5) is 0 Å². The summed E-state index contributed by atoms with van der Waals surface area (Å²) >= 11 is 0.623. The van der Waals surface area contributed by atoms with Crippen molar-refractivity contribution in [1.82, 2.24) is 0 Å². The molecule has 0 N–H and O–H groups in total. The summed E-state index contributed by atoms with van der Waals surface area (Å²) in [5.74, 6) is 0. The monoisotopic (exact) mass is 333 g/mol. The van der Waals surface area contributed by atoms with Crippen LogP contribution < -0.4 is 0 Å². The van der Waals surface area contributed by atoms with Crippen LogP contribution in [0.2, 0.25) is 9.62 Å². The third-order valence-corrected chi connectivity index (χ3v) is 3.55. The van der Waals surface area contributed by atoms with Gasteiger partial charge in [0.2, 0.25) is 0 Å². The molecule has 0 saturated heterocycles. The molecular weight excluding hydrogens is 315 g/mol.